The molecule has 0 saturated carbocycles. The first-order chi connectivity index (χ1) is 12.7. The highest BCUT2D eigenvalue weighted by Crippen LogP contribution is 2.34. The van der Waals surface area contributed by atoms with E-state index in [0.29, 0.717) is 40.1 Å². The molecular weight excluding hydrogens is 371 g/mol. The fourth-order valence-electron chi connectivity index (χ4n) is 2.28. The van der Waals surface area contributed by atoms with Gasteiger partial charge in [0.1, 0.15) is 6.54 Å². The van der Waals surface area contributed by atoms with Crippen LogP contribution in [-0.2, 0) is 17.5 Å². The SMILES string of the molecule is O=C(Cn1cc(C(F)(F)F)ccc1=O)NC(=O)Nc1ccc2c(c1)OCO2. The number of benzene rings is 1. The van der Waals surface area contributed by atoms with Crippen molar-refractivity contribution in [3.05, 3.63) is 52.4 Å². The lowest BCUT2D eigenvalue weighted by atomic mass is 10.2. The maximum absolute atomic E-state index is 12.7. The summed E-state index contributed by atoms with van der Waals surface area (Å²) in [6.45, 7) is -0.702. The standard InChI is InChI=1S/C16H12F3N3O5/c17-16(18,19)9-1-4-14(24)22(6-9)7-13(23)21-15(25)20-10-2-3-11-12(5-10)27-8-26-11/h1-6H,7-8H2,(H2,20,21,23,25). The first-order valence-electron chi connectivity index (χ1n) is 7.50. The number of imide groups is 1. The third-order valence-corrected chi connectivity index (χ3v) is 3.51. The number of carbonyl (C=O) groups is 2. The molecule has 27 heavy (non-hydrogen) atoms. The predicted octanol–water partition coefficient (Wildman–Crippen LogP) is 1.94. The van der Waals surface area contributed by atoms with Crippen molar-refractivity contribution >= 4 is 17.6 Å². The first-order valence-corrected chi connectivity index (χ1v) is 7.50. The second-order valence-corrected chi connectivity index (χ2v) is 5.45. The van der Waals surface area contributed by atoms with E-state index in [0.717, 1.165) is 0 Å². The minimum atomic E-state index is -4.66. The highest BCUT2D eigenvalue weighted by molar-refractivity contribution is 6.01. The average Bonchev–Trinajstić information content (AvgIpc) is 3.03. The van der Waals surface area contributed by atoms with Crippen molar-refractivity contribution in [2.45, 2.75) is 12.7 Å². The summed E-state index contributed by atoms with van der Waals surface area (Å²) in [7, 11) is 0. The Morgan fingerprint density at radius 2 is 1.85 bits per heavy atom. The third-order valence-electron chi connectivity index (χ3n) is 3.51. The summed E-state index contributed by atoms with van der Waals surface area (Å²) in [6.07, 6.45) is -4.15. The predicted molar refractivity (Wildman–Crippen MR) is 85.4 cm³/mol. The molecule has 1 aliphatic heterocycles. The molecule has 2 heterocycles. The molecule has 1 aromatic heterocycles. The number of hydrogen-bond donors (Lipinski definition) is 2. The Bertz CT molecular complexity index is 955. The van der Waals surface area contributed by atoms with Gasteiger partial charge in [-0.3, -0.25) is 14.9 Å². The molecule has 0 bridgehead atoms. The number of pyridine rings is 1. The van der Waals surface area contributed by atoms with E-state index in [4.69, 9.17) is 9.47 Å². The van der Waals surface area contributed by atoms with Gasteiger partial charge in [-0.15, -0.1) is 0 Å². The number of urea groups is 1. The van der Waals surface area contributed by atoms with Gasteiger partial charge in [0, 0.05) is 24.0 Å². The molecule has 1 aliphatic rings. The zero-order chi connectivity index (χ0) is 19.6. The molecule has 1 aromatic carbocycles. The topological polar surface area (TPSA) is 98.7 Å². The van der Waals surface area contributed by atoms with Crippen LogP contribution in [0.5, 0.6) is 11.5 Å². The third kappa shape index (κ3) is 4.37. The van der Waals surface area contributed by atoms with Crippen LogP contribution >= 0.6 is 0 Å². The molecular formula is C16H12F3N3O5. The van der Waals surface area contributed by atoms with Crippen LogP contribution in [0.3, 0.4) is 0 Å². The van der Waals surface area contributed by atoms with Gasteiger partial charge in [0.05, 0.1) is 5.56 Å². The average molecular weight is 383 g/mol. The molecule has 3 rings (SSSR count). The van der Waals surface area contributed by atoms with Gasteiger partial charge in [-0.25, -0.2) is 4.79 Å². The Balaban J connectivity index is 1.62. The molecule has 2 aromatic rings. The van der Waals surface area contributed by atoms with E-state index in [2.05, 4.69) is 5.32 Å². The highest BCUT2D eigenvalue weighted by Gasteiger charge is 2.31. The molecule has 11 heteroatoms. The minimum Gasteiger partial charge on any atom is -0.454 e. The van der Waals surface area contributed by atoms with Gasteiger partial charge in [0.25, 0.3) is 5.56 Å². The molecule has 0 aliphatic carbocycles. The zero-order valence-electron chi connectivity index (χ0n) is 13.5. The number of nitrogens with zero attached hydrogens (tertiary/aromatic N) is 1. The van der Waals surface area contributed by atoms with E-state index in [9.17, 15) is 27.6 Å². The second-order valence-electron chi connectivity index (χ2n) is 5.45. The van der Waals surface area contributed by atoms with Gasteiger partial charge in [0.15, 0.2) is 11.5 Å². The van der Waals surface area contributed by atoms with Crippen molar-refractivity contribution in [1.82, 2.24) is 9.88 Å². The lowest BCUT2D eigenvalue weighted by Crippen LogP contribution is -2.38. The zero-order valence-corrected chi connectivity index (χ0v) is 13.5. The number of alkyl halides is 3. The number of carbonyl (C=O) groups excluding carboxylic acids is 2. The maximum Gasteiger partial charge on any atom is 0.417 e. The van der Waals surface area contributed by atoms with Crippen LogP contribution in [0.4, 0.5) is 23.7 Å². The van der Waals surface area contributed by atoms with E-state index in [-0.39, 0.29) is 6.79 Å². The van der Waals surface area contributed by atoms with Crippen LogP contribution in [-0.4, -0.2) is 23.3 Å². The molecule has 0 spiro atoms. The molecule has 8 nitrogen and oxygen atoms in total. The second kappa shape index (κ2) is 7.02. The number of hydrogen-bond acceptors (Lipinski definition) is 5. The fraction of sp³-hybridized carbons (Fsp3) is 0.188. The molecule has 2 N–H and O–H groups in total. The van der Waals surface area contributed by atoms with E-state index < -0.39 is 35.8 Å². The summed E-state index contributed by atoms with van der Waals surface area (Å²) in [5.74, 6) is -0.0507. The summed E-state index contributed by atoms with van der Waals surface area (Å²) in [4.78, 5) is 35.3. The quantitative estimate of drug-likeness (QED) is 0.844. The minimum absolute atomic E-state index is 0.0508. The molecule has 0 saturated heterocycles. The molecule has 3 amide bonds. The summed E-state index contributed by atoms with van der Waals surface area (Å²) in [5.41, 5.74) is -1.59. The number of aromatic nitrogens is 1. The van der Waals surface area contributed by atoms with Crippen LogP contribution in [0.2, 0.25) is 0 Å². The number of rotatable bonds is 3. The van der Waals surface area contributed by atoms with E-state index >= 15 is 0 Å². The summed E-state index contributed by atoms with van der Waals surface area (Å²) in [6, 6.07) is 4.94. The number of ether oxygens (including phenoxy) is 2. The van der Waals surface area contributed by atoms with E-state index in [1.807, 2.05) is 5.32 Å². The van der Waals surface area contributed by atoms with Crippen LogP contribution in [0, 0.1) is 0 Å². The van der Waals surface area contributed by atoms with Gasteiger partial charge in [-0.2, -0.15) is 13.2 Å². The van der Waals surface area contributed by atoms with Gasteiger partial charge in [-0.05, 0) is 18.2 Å². The van der Waals surface area contributed by atoms with Crippen LogP contribution in [0.1, 0.15) is 5.56 Å². The lowest BCUT2D eigenvalue weighted by molar-refractivity contribution is -0.138. The van der Waals surface area contributed by atoms with E-state index in [1.54, 1.807) is 6.07 Å². The van der Waals surface area contributed by atoms with Gasteiger partial charge < -0.3 is 19.4 Å². The van der Waals surface area contributed by atoms with Crippen LogP contribution in [0.25, 0.3) is 0 Å². The van der Waals surface area contributed by atoms with Crippen molar-refractivity contribution in [3.63, 3.8) is 0 Å². The maximum atomic E-state index is 12.7. The number of amides is 3. The number of nitrogens with one attached hydrogen (secondary N) is 2. The Morgan fingerprint density at radius 1 is 1.11 bits per heavy atom. The van der Waals surface area contributed by atoms with Crippen LogP contribution in [0.15, 0.2) is 41.3 Å². The fourth-order valence-corrected chi connectivity index (χ4v) is 2.28. The van der Waals surface area contributed by atoms with Crippen molar-refractivity contribution in [2.24, 2.45) is 0 Å². The van der Waals surface area contributed by atoms with Crippen LogP contribution < -0.4 is 25.7 Å². The highest BCUT2D eigenvalue weighted by atomic mass is 19.4. The normalized spacial score (nSPS) is 12.6. The molecule has 0 atom stereocenters. The van der Waals surface area contributed by atoms with Crippen molar-refractivity contribution in [2.75, 3.05) is 12.1 Å². The van der Waals surface area contributed by atoms with Crippen molar-refractivity contribution in [1.29, 1.82) is 0 Å². The largest absolute Gasteiger partial charge is 0.454 e. The molecule has 0 fully saturated rings. The smallest absolute Gasteiger partial charge is 0.417 e. The van der Waals surface area contributed by atoms with Gasteiger partial charge in [-0.1, -0.05) is 0 Å². The van der Waals surface area contributed by atoms with Crippen molar-refractivity contribution in [3.8, 4) is 11.5 Å². The Labute approximate surface area is 149 Å². The van der Waals surface area contributed by atoms with Gasteiger partial charge in [0.2, 0.25) is 12.7 Å². The Morgan fingerprint density at radius 3 is 2.59 bits per heavy atom. The molecule has 0 radical (unpaired) electrons. The summed E-state index contributed by atoms with van der Waals surface area (Å²) >= 11 is 0. The number of fused-ring (bicyclic) bond motifs is 1. The molecule has 142 valence electrons. The summed E-state index contributed by atoms with van der Waals surface area (Å²) in [5, 5.41) is 4.29. The number of halogens is 3. The first kappa shape index (κ1) is 18.3. The molecule has 0 unspecified atom stereocenters. The Hall–Kier alpha value is -3.50. The van der Waals surface area contributed by atoms with E-state index in [1.165, 1.54) is 12.1 Å². The lowest BCUT2D eigenvalue weighted by Gasteiger charge is -2.11. The number of anilines is 1. The summed E-state index contributed by atoms with van der Waals surface area (Å²) < 4.78 is 48.9. The Kier molecular flexibility index (Phi) is 4.75. The van der Waals surface area contributed by atoms with Crippen molar-refractivity contribution < 1.29 is 32.2 Å². The monoisotopic (exact) mass is 383 g/mol. The van der Waals surface area contributed by atoms with Gasteiger partial charge >= 0.3 is 12.2 Å².